The highest BCUT2D eigenvalue weighted by Crippen LogP contribution is 2.44. The maximum Gasteiger partial charge on any atom is 0.0820 e. The van der Waals surface area contributed by atoms with Crippen molar-refractivity contribution in [3.05, 3.63) is 23.5 Å². The van der Waals surface area contributed by atoms with Crippen molar-refractivity contribution in [3.8, 4) is 0 Å². The van der Waals surface area contributed by atoms with Crippen molar-refractivity contribution in [2.24, 2.45) is 11.1 Å². The standard InChI is InChI=1S/C10H14ClN3/c11-8-5-13-4-1-9(8)14-7-10(6-12)2-3-10/h1,4-5H,2-3,6-7,12H2,(H,13,14). The fourth-order valence-electron chi connectivity index (χ4n) is 1.43. The number of nitrogens with zero attached hydrogens (tertiary/aromatic N) is 1. The van der Waals surface area contributed by atoms with E-state index in [1.165, 1.54) is 12.8 Å². The van der Waals surface area contributed by atoms with Crippen LogP contribution in [0.25, 0.3) is 0 Å². The lowest BCUT2D eigenvalue weighted by molar-refractivity contribution is 0.556. The van der Waals surface area contributed by atoms with Gasteiger partial charge in [0.25, 0.3) is 0 Å². The average Bonchev–Trinajstić information content (AvgIpc) is 2.98. The highest BCUT2D eigenvalue weighted by molar-refractivity contribution is 6.33. The Hall–Kier alpha value is -0.800. The first kappa shape index (κ1) is 9.74. The molecule has 4 heteroatoms. The summed E-state index contributed by atoms with van der Waals surface area (Å²) in [7, 11) is 0. The Morgan fingerprint density at radius 2 is 2.36 bits per heavy atom. The second-order valence-electron chi connectivity index (χ2n) is 3.91. The molecule has 3 N–H and O–H groups in total. The summed E-state index contributed by atoms with van der Waals surface area (Å²) in [5.74, 6) is 0. The van der Waals surface area contributed by atoms with Crippen LogP contribution in [0.15, 0.2) is 18.5 Å². The molecule has 2 rings (SSSR count). The van der Waals surface area contributed by atoms with Gasteiger partial charge in [-0.3, -0.25) is 4.98 Å². The number of halogens is 1. The van der Waals surface area contributed by atoms with Crippen LogP contribution in [0.5, 0.6) is 0 Å². The first-order valence-electron chi connectivity index (χ1n) is 4.79. The molecule has 1 aliphatic rings. The van der Waals surface area contributed by atoms with Crippen LogP contribution in [0.4, 0.5) is 5.69 Å². The second-order valence-corrected chi connectivity index (χ2v) is 4.32. The largest absolute Gasteiger partial charge is 0.383 e. The molecule has 0 aliphatic heterocycles. The first-order chi connectivity index (χ1) is 6.76. The number of anilines is 1. The third kappa shape index (κ3) is 1.99. The molecule has 1 fully saturated rings. The molecular formula is C10H14ClN3. The van der Waals surface area contributed by atoms with Crippen LogP contribution in [0.1, 0.15) is 12.8 Å². The zero-order valence-electron chi connectivity index (χ0n) is 7.96. The van der Waals surface area contributed by atoms with Gasteiger partial charge in [0.1, 0.15) is 0 Å². The molecule has 1 aromatic rings. The summed E-state index contributed by atoms with van der Waals surface area (Å²) in [5, 5.41) is 3.98. The van der Waals surface area contributed by atoms with Crippen molar-refractivity contribution >= 4 is 17.3 Å². The molecule has 0 amide bonds. The van der Waals surface area contributed by atoms with Crippen LogP contribution in [-0.2, 0) is 0 Å². The van der Waals surface area contributed by atoms with E-state index in [0.29, 0.717) is 10.4 Å². The number of hydrogen-bond acceptors (Lipinski definition) is 3. The number of nitrogens with two attached hydrogens (primary N) is 1. The van der Waals surface area contributed by atoms with Gasteiger partial charge < -0.3 is 11.1 Å². The molecule has 1 aromatic heterocycles. The third-order valence-corrected chi connectivity index (χ3v) is 3.12. The van der Waals surface area contributed by atoms with Crippen molar-refractivity contribution in [2.45, 2.75) is 12.8 Å². The van der Waals surface area contributed by atoms with Gasteiger partial charge in [0.15, 0.2) is 0 Å². The topological polar surface area (TPSA) is 50.9 Å². The Kier molecular flexibility index (Phi) is 2.61. The van der Waals surface area contributed by atoms with Crippen molar-refractivity contribution in [3.63, 3.8) is 0 Å². The minimum atomic E-state index is 0.326. The van der Waals surface area contributed by atoms with E-state index in [1.807, 2.05) is 6.07 Å². The van der Waals surface area contributed by atoms with Crippen LogP contribution in [0.3, 0.4) is 0 Å². The number of pyridine rings is 1. The summed E-state index contributed by atoms with van der Waals surface area (Å²) >= 11 is 5.96. The van der Waals surface area contributed by atoms with Gasteiger partial charge >= 0.3 is 0 Å². The number of hydrogen-bond donors (Lipinski definition) is 2. The molecule has 0 unspecified atom stereocenters. The van der Waals surface area contributed by atoms with E-state index in [9.17, 15) is 0 Å². The van der Waals surface area contributed by atoms with Crippen molar-refractivity contribution < 1.29 is 0 Å². The quantitative estimate of drug-likeness (QED) is 0.800. The molecule has 76 valence electrons. The van der Waals surface area contributed by atoms with Crippen molar-refractivity contribution in [1.29, 1.82) is 0 Å². The highest BCUT2D eigenvalue weighted by atomic mass is 35.5. The molecule has 0 saturated heterocycles. The minimum Gasteiger partial charge on any atom is -0.383 e. The summed E-state index contributed by atoms with van der Waals surface area (Å²) in [6.45, 7) is 1.66. The van der Waals surface area contributed by atoms with Crippen molar-refractivity contribution in [1.82, 2.24) is 4.98 Å². The summed E-state index contributed by atoms with van der Waals surface area (Å²) in [6.07, 6.45) is 5.82. The van der Waals surface area contributed by atoms with Gasteiger partial charge in [0, 0.05) is 18.9 Å². The Balaban J connectivity index is 1.95. The lowest BCUT2D eigenvalue weighted by atomic mass is 10.1. The van der Waals surface area contributed by atoms with Crippen LogP contribution in [-0.4, -0.2) is 18.1 Å². The molecule has 0 spiro atoms. The predicted octanol–water partition coefficient (Wildman–Crippen LogP) is 1.89. The summed E-state index contributed by atoms with van der Waals surface area (Å²) < 4.78 is 0. The number of aromatic nitrogens is 1. The smallest absolute Gasteiger partial charge is 0.0820 e. The number of rotatable bonds is 4. The zero-order valence-corrected chi connectivity index (χ0v) is 8.72. The Labute approximate surface area is 88.7 Å². The second kappa shape index (κ2) is 3.75. The molecule has 1 aliphatic carbocycles. The van der Waals surface area contributed by atoms with E-state index in [1.54, 1.807) is 12.4 Å². The van der Waals surface area contributed by atoms with Crippen LogP contribution in [0, 0.1) is 5.41 Å². The van der Waals surface area contributed by atoms with E-state index in [0.717, 1.165) is 18.8 Å². The molecule has 0 radical (unpaired) electrons. The summed E-state index contributed by atoms with van der Waals surface area (Å²) in [5.41, 5.74) is 6.96. The SMILES string of the molecule is NCC1(CNc2ccncc2Cl)CC1. The Morgan fingerprint density at radius 3 is 2.93 bits per heavy atom. The van der Waals surface area contributed by atoms with Gasteiger partial charge in [-0.05, 0) is 30.9 Å². The Bertz CT molecular complexity index is 323. The van der Waals surface area contributed by atoms with Crippen LogP contribution in [0.2, 0.25) is 5.02 Å². The molecule has 0 aromatic carbocycles. The van der Waals surface area contributed by atoms with E-state index < -0.39 is 0 Å². The Morgan fingerprint density at radius 1 is 1.57 bits per heavy atom. The average molecular weight is 212 g/mol. The van der Waals surface area contributed by atoms with Gasteiger partial charge in [0.2, 0.25) is 0 Å². The zero-order chi connectivity index (χ0) is 10.0. The molecule has 14 heavy (non-hydrogen) atoms. The van der Waals surface area contributed by atoms with Gasteiger partial charge in [-0.25, -0.2) is 0 Å². The highest BCUT2D eigenvalue weighted by Gasteiger charge is 2.40. The van der Waals surface area contributed by atoms with E-state index in [4.69, 9.17) is 17.3 Å². The maximum atomic E-state index is 5.96. The predicted molar refractivity (Wildman–Crippen MR) is 58.5 cm³/mol. The van der Waals surface area contributed by atoms with Gasteiger partial charge in [0.05, 0.1) is 10.7 Å². The van der Waals surface area contributed by atoms with E-state index in [-0.39, 0.29) is 0 Å². The lowest BCUT2D eigenvalue weighted by Crippen LogP contribution is -2.24. The third-order valence-electron chi connectivity index (χ3n) is 2.82. The fraction of sp³-hybridized carbons (Fsp3) is 0.500. The molecule has 1 heterocycles. The first-order valence-corrected chi connectivity index (χ1v) is 5.17. The normalized spacial score (nSPS) is 17.9. The van der Waals surface area contributed by atoms with E-state index in [2.05, 4.69) is 10.3 Å². The summed E-state index contributed by atoms with van der Waals surface area (Å²) in [4.78, 5) is 3.93. The summed E-state index contributed by atoms with van der Waals surface area (Å²) in [6, 6.07) is 1.88. The molecular weight excluding hydrogens is 198 g/mol. The van der Waals surface area contributed by atoms with Gasteiger partial charge in [-0.1, -0.05) is 11.6 Å². The van der Waals surface area contributed by atoms with Crippen LogP contribution < -0.4 is 11.1 Å². The van der Waals surface area contributed by atoms with Crippen LogP contribution >= 0.6 is 11.6 Å². The monoisotopic (exact) mass is 211 g/mol. The molecule has 0 atom stereocenters. The fourth-order valence-corrected chi connectivity index (χ4v) is 1.62. The molecule has 1 saturated carbocycles. The lowest BCUT2D eigenvalue weighted by Gasteiger charge is -2.14. The maximum absolute atomic E-state index is 5.96. The van der Waals surface area contributed by atoms with E-state index >= 15 is 0 Å². The van der Waals surface area contributed by atoms with Crippen molar-refractivity contribution in [2.75, 3.05) is 18.4 Å². The minimum absolute atomic E-state index is 0.326. The van der Waals surface area contributed by atoms with Gasteiger partial charge in [-0.2, -0.15) is 0 Å². The van der Waals surface area contributed by atoms with Gasteiger partial charge in [-0.15, -0.1) is 0 Å². The number of nitrogens with one attached hydrogen (secondary N) is 1. The molecule has 3 nitrogen and oxygen atoms in total. The molecule has 0 bridgehead atoms.